The van der Waals surface area contributed by atoms with E-state index in [-0.39, 0.29) is 18.9 Å². The highest BCUT2D eigenvalue weighted by atomic mass is 16.6. The number of aliphatic hydroxyl groups excluding tert-OH is 2. The Hall–Kier alpha value is -5.36. The molecule has 246 valence electrons. The first kappa shape index (κ1) is 36.1. The highest BCUT2D eigenvalue weighted by molar-refractivity contribution is 5.97. The Labute approximate surface area is 273 Å². The first-order chi connectivity index (χ1) is 22.7. The van der Waals surface area contributed by atoms with Crippen LogP contribution in [0.25, 0.3) is 0 Å². The molecule has 11 nitrogen and oxygen atoms in total. The monoisotopic (exact) mass is 642 g/mol. The van der Waals surface area contributed by atoms with Crippen LogP contribution < -0.4 is 10.6 Å². The van der Waals surface area contributed by atoms with Gasteiger partial charge in [-0.25, -0.2) is 9.59 Å². The molecule has 0 saturated heterocycles. The largest absolute Gasteiger partial charge is 0.468 e. The number of rotatable bonds is 13. The molecule has 0 fully saturated rings. The molecule has 11 heteroatoms. The highest BCUT2D eigenvalue weighted by Gasteiger charge is 2.31. The number of hydrogen-bond donors (Lipinski definition) is 4. The van der Waals surface area contributed by atoms with Gasteiger partial charge >= 0.3 is 18.0 Å². The maximum absolute atomic E-state index is 12.1. The Bertz CT molecular complexity index is 1540. The number of ether oxygens (including phenoxy) is 3. The number of nitrogens with one attached hydrogen (secondary N) is 2. The van der Waals surface area contributed by atoms with Crippen molar-refractivity contribution < 1.29 is 43.6 Å². The van der Waals surface area contributed by atoms with Crippen molar-refractivity contribution in [3.05, 3.63) is 144 Å². The maximum atomic E-state index is 12.1. The number of carbonyl (C=O) groups excluding carboxylic acids is 4. The van der Waals surface area contributed by atoms with Gasteiger partial charge in [0.1, 0.15) is 18.8 Å². The van der Waals surface area contributed by atoms with Crippen LogP contribution in [0.15, 0.2) is 121 Å². The standard InChI is InChI=1S/C18H19NO5.C18H19NO4/c1-23-17(21)16(20)15(14-10-6-3-7-11-14)19-18(22)24-12-13-8-4-2-5-9-13;1-23-18(22)16(17(21)14-10-6-3-7-11-14)19-12-15(20)13-8-4-2-5-9-13/h2-11,15-16,20H,12H2,1H3,(H,19,22);2-11,16-17,19,21H,12H2,1H3/t15-,16+;16-,17+/m10/s1. The first-order valence-corrected chi connectivity index (χ1v) is 14.7. The molecule has 0 spiro atoms. The highest BCUT2D eigenvalue weighted by Crippen LogP contribution is 2.19. The quantitative estimate of drug-likeness (QED) is 0.0956. The number of ketones is 1. The summed E-state index contributed by atoms with van der Waals surface area (Å²) in [5.41, 5.74) is 2.50. The number of benzene rings is 4. The van der Waals surface area contributed by atoms with Crippen LogP contribution in [0.4, 0.5) is 4.79 Å². The van der Waals surface area contributed by atoms with Crippen LogP contribution >= 0.6 is 0 Å². The van der Waals surface area contributed by atoms with Crippen LogP contribution in [-0.2, 0) is 30.4 Å². The van der Waals surface area contributed by atoms with Crippen LogP contribution in [-0.4, -0.2) is 66.9 Å². The van der Waals surface area contributed by atoms with E-state index in [0.717, 1.165) is 5.56 Å². The molecule has 0 bridgehead atoms. The second kappa shape index (κ2) is 19.2. The Kier molecular flexibility index (Phi) is 14.8. The van der Waals surface area contributed by atoms with Gasteiger partial charge in [0.25, 0.3) is 0 Å². The number of amides is 1. The molecule has 4 aromatic carbocycles. The average Bonchev–Trinajstić information content (AvgIpc) is 3.13. The minimum Gasteiger partial charge on any atom is -0.468 e. The third-order valence-corrected chi connectivity index (χ3v) is 6.89. The zero-order chi connectivity index (χ0) is 34.0. The van der Waals surface area contributed by atoms with Gasteiger partial charge in [-0.2, -0.15) is 0 Å². The number of alkyl carbamates (subject to hydrolysis) is 1. The van der Waals surface area contributed by atoms with Crippen LogP contribution in [0.5, 0.6) is 0 Å². The molecular formula is C36H38N2O9. The topological polar surface area (TPSA) is 160 Å². The van der Waals surface area contributed by atoms with E-state index in [1.54, 1.807) is 78.9 Å². The third kappa shape index (κ3) is 11.5. The second-order valence-corrected chi connectivity index (χ2v) is 10.1. The summed E-state index contributed by atoms with van der Waals surface area (Å²) in [6, 6.07) is 33.4. The van der Waals surface area contributed by atoms with E-state index in [1.807, 2.05) is 42.5 Å². The van der Waals surface area contributed by atoms with E-state index in [1.165, 1.54) is 14.2 Å². The predicted octanol–water partition coefficient (Wildman–Crippen LogP) is 3.92. The zero-order valence-corrected chi connectivity index (χ0v) is 26.0. The summed E-state index contributed by atoms with van der Waals surface area (Å²) >= 11 is 0. The summed E-state index contributed by atoms with van der Waals surface area (Å²) in [6.07, 6.45) is -3.38. The summed E-state index contributed by atoms with van der Waals surface area (Å²) in [6.45, 7) is 0.0101. The fourth-order valence-electron chi connectivity index (χ4n) is 4.38. The van der Waals surface area contributed by atoms with Gasteiger partial charge in [0.05, 0.1) is 26.8 Å². The normalized spacial score (nSPS) is 12.9. The van der Waals surface area contributed by atoms with Crippen molar-refractivity contribution in [3.8, 4) is 0 Å². The van der Waals surface area contributed by atoms with Crippen LogP contribution in [0.1, 0.15) is 39.2 Å². The Morgan fingerprint density at radius 1 is 0.660 bits per heavy atom. The molecule has 47 heavy (non-hydrogen) atoms. The molecular weight excluding hydrogens is 604 g/mol. The fourth-order valence-corrected chi connectivity index (χ4v) is 4.38. The molecule has 0 unspecified atom stereocenters. The summed E-state index contributed by atoms with van der Waals surface area (Å²) in [4.78, 5) is 47.7. The van der Waals surface area contributed by atoms with Crippen LogP contribution in [0, 0.1) is 0 Å². The number of methoxy groups -OCH3 is 2. The average molecular weight is 643 g/mol. The van der Waals surface area contributed by atoms with E-state index in [9.17, 15) is 29.4 Å². The molecule has 0 saturated carbocycles. The summed E-state index contributed by atoms with van der Waals surface area (Å²) < 4.78 is 14.4. The first-order valence-electron chi connectivity index (χ1n) is 14.7. The number of Topliss-reactive ketones (excluding diaryl/α,β-unsaturated/α-hetero) is 1. The maximum Gasteiger partial charge on any atom is 0.408 e. The van der Waals surface area contributed by atoms with Crippen molar-refractivity contribution in [1.82, 2.24) is 10.6 Å². The fraction of sp³-hybridized carbons (Fsp3) is 0.222. The van der Waals surface area contributed by atoms with E-state index in [2.05, 4.69) is 15.4 Å². The van der Waals surface area contributed by atoms with Gasteiger partial charge in [0, 0.05) is 5.56 Å². The van der Waals surface area contributed by atoms with E-state index < -0.39 is 42.3 Å². The molecule has 4 N–H and O–H groups in total. The Morgan fingerprint density at radius 3 is 1.68 bits per heavy atom. The van der Waals surface area contributed by atoms with Gasteiger partial charge in [-0.05, 0) is 16.7 Å². The van der Waals surface area contributed by atoms with Crippen LogP contribution in [0.2, 0.25) is 0 Å². The Morgan fingerprint density at radius 2 is 1.15 bits per heavy atom. The minimum atomic E-state index is -1.54. The van der Waals surface area contributed by atoms with Gasteiger partial charge in [-0.15, -0.1) is 0 Å². The molecule has 0 aliphatic carbocycles. The Balaban J connectivity index is 0.000000256. The lowest BCUT2D eigenvalue weighted by Crippen LogP contribution is -2.44. The molecule has 0 heterocycles. The molecule has 1 amide bonds. The molecule has 4 atom stereocenters. The van der Waals surface area contributed by atoms with Crippen molar-refractivity contribution in [3.63, 3.8) is 0 Å². The molecule has 0 aliphatic heterocycles. The smallest absolute Gasteiger partial charge is 0.408 e. The van der Waals surface area contributed by atoms with Crippen molar-refractivity contribution >= 4 is 23.8 Å². The second-order valence-electron chi connectivity index (χ2n) is 10.1. The number of hydrogen-bond acceptors (Lipinski definition) is 10. The van der Waals surface area contributed by atoms with Crippen molar-refractivity contribution in [2.75, 3.05) is 20.8 Å². The van der Waals surface area contributed by atoms with Gasteiger partial charge in [0.15, 0.2) is 11.9 Å². The number of esters is 2. The van der Waals surface area contributed by atoms with E-state index >= 15 is 0 Å². The van der Waals surface area contributed by atoms with Gasteiger partial charge in [-0.3, -0.25) is 14.9 Å². The summed E-state index contributed by atoms with van der Waals surface area (Å²) in [5.74, 6) is -1.63. The van der Waals surface area contributed by atoms with Crippen molar-refractivity contribution in [1.29, 1.82) is 0 Å². The molecule has 4 rings (SSSR count). The molecule has 4 aromatic rings. The van der Waals surface area contributed by atoms with Gasteiger partial charge < -0.3 is 29.7 Å². The summed E-state index contributed by atoms with van der Waals surface area (Å²) in [7, 11) is 2.41. The van der Waals surface area contributed by atoms with Crippen molar-refractivity contribution in [2.24, 2.45) is 0 Å². The lowest BCUT2D eigenvalue weighted by atomic mass is 10.0. The lowest BCUT2D eigenvalue weighted by Gasteiger charge is -2.22. The van der Waals surface area contributed by atoms with Crippen molar-refractivity contribution in [2.45, 2.75) is 30.9 Å². The van der Waals surface area contributed by atoms with Gasteiger partial charge in [0.2, 0.25) is 0 Å². The SMILES string of the molecule is COC(=O)[C@@H](NCC(=O)c1ccccc1)[C@H](O)c1ccccc1.COC(=O)[C@@H](O)[C@H](NC(=O)OCc1ccccc1)c1ccccc1. The van der Waals surface area contributed by atoms with E-state index in [0.29, 0.717) is 16.7 Å². The number of carbonyl (C=O) groups is 4. The zero-order valence-electron chi connectivity index (χ0n) is 26.0. The van der Waals surface area contributed by atoms with Gasteiger partial charge in [-0.1, -0.05) is 121 Å². The molecule has 0 radical (unpaired) electrons. The van der Waals surface area contributed by atoms with Crippen LogP contribution in [0.3, 0.4) is 0 Å². The van der Waals surface area contributed by atoms with E-state index in [4.69, 9.17) is 9.47 Å². The molecule has 0 aromatic heterocycles. The predicted molar refractivity (Wildman–Crippen MR) is 173 cm³/mol. The molecule has 0 aliphatic rings. The third-order valence-electron chi connectivity index (χ3n) is 6.89. The minimum absolute atomic E-state index is 0.0757. The lowest BCUT2D eigenvalue weighted by molar-refractivity contribution is -0.152. The summed E-state index contributed by atoms with van der Waals surface area (Å²) in [5, 5.41) is 25.8. The number of aliphatic hydroxyl groups is 2.